The summed E-state index contributed by atoms with van der Waals surface area (Å²) in [6.07, 6.45) is 6.26. The average molecular weight is 340 g/mol. The van der Waals surface area contributed by atoms with Crippen molar-refractivity contribution < 1.29 is 9.90 Å². The first kappa shape index (κ1) is 19.7. The normalized spacial score (nSPS) is 23.3. The van der Waals surface area contributed by atoms with Gasteiger partial charge in [0.1, 0.15) is 0 Å². The number of amides is 1. The summed E-state index contributed by atoms with van der Waals surface area (Å²) in [4.78, 5) is 16.8. The van der Waals surface area contributed by atoms with Crippen LogP contribution in [-0.2, 0) is 4.79 Å². The minimum Gasteiger partial charge on any atom is -0.390 e. The van der Waals surface area contributed by atoms with Gasteiger partial charge in [0.25, 0.3) is 0 Å². The lowest BCUT2D eigenvalue weighted by Gasteiger charge is -2.35. The van der Waals surface area contributed by atoms with Crippen LogP contribution >= 0.6 is 0 Å². The molecule has 2 heterocycles. The summed E-state index contributed by atoms with van der Waals surface area (Å²) in [5.41, 5.74) is 0. The smallest absolute Gasteiger partial charge is 0.223 e. The maximum atomic E-state index is 12.1. The highest BCUT2D eigenvalue weighted by molar-refractivity contribution is 5.78. The summed E-state index contributed by atoms with van der Waals surface area (Å²) in [6.45, 7) is 10.9. The number of aliphatic hydroxyl groups is 1. The molecule has 0 saturated carbocycles. The van der Waals surface area contributed by atoms with Crippen LogP contribution in [0.15, 0.2) is 0 Å². The number of β-amino-alcohol motifs (C(OH)–C–C–N with tert-alkyl or cyclic N) is 1. The van der Waals surface area contributed by atoms with Crippen LogP contribution in [0.2, 0.25) is 0 Å². The highest BCUT2D eigenvalue weighted by Crippen LogP contribution is 2.19. The van der Waals surface area contributed by atoms with Crippen LogP contribution in [0.25, 0.3) is 0 Å². The van der Waals surface area contributed by atoms with Gasteiger partial charge in [0.15, 0.2) is 0 Å². The number of likely N-dealkylation sites (tertiary alicyclic amines) is 2. The highest BCUT2D eigenvalue weighted by Gasteiger charge is 2.26. The lowest BCUT2D eigenvalue weighted by Crippen LogP contribution is -2.46. The first-order valence-corrected chi connectivity index (χ1v) is 9.99. The summed E-state index contributed by atoms with van der Waals surface area (Å²) in [6, 6.07) is 0. The van der Waals surface area contributed by atoms with Crippen molar-refractivity contribution in [3.05, 3.63) is 0 Å². The van der Waals surface area contributed by atoms with Gasteiger partial charge in [-0.1, -0.05) is 20.3 Å². The van der Waals surface area contributed by atoms with Gasteiger partial charge in [-0.3, -0.25) is 4.79 Å². The van der Waals surface area contributed by atoms with E-state index in [2.05, 4.69) is 29.0 Å². The van der Waals surface area contributed by atoms with E-state index in [0.717, 1.165) is 77.4 Å². The second-order valence-electron chi connectivity index (χ2n) is 7.86. The number of aliphatic hydroxyl groups excluding tert-OH is 1. The number of carbonyl (C=O) groups is 1. The number of nitrogens with zero attached hydrogens (tertiary/aromatic N) is 2. The zero-order valence-corrected chi connectivity index (χ0v) is 15.7. The molecule has 24 heavy (non-hydrogen) atoms. The number of hydrogen-bond donors (Lipinski definition) is 2. The van der Waals surface area contributed by atoms with E-state index in [1.54, 1.807) is 0 Å². The van der Waals surface area contributed by atoms with Crippen molar-refractivity contribution in [3.63, 3.8) is 0 Å². The van der Waals surface area contributed by atoms with Crippen LogP contribution in [0.1, 0.15) is 52.4 Å². The van der Waals surface area contributed by atoms with Crippen molar-refractivity contribution in [2.45, 2.75) is 58.5 Å². The van der Waals surface area contributed by atoms with Gasteiger partial charge in [0, 0.05) is 25.6 Å². The molecule has 0 radical (unpaired) electrons. The third-order valence-electron chi connectivity index (χ3n) is 5.60. The average Bonchev–Trinajstić information content (AvgIpc) is 2.58. The number of piperidine rings is 2. The SMILES string of the molecule is CCCCNC(=O)C1CCN(CC(O)CN2CCC(C)CC2)CC1. The van der Waals surface area contributed by atoms with E-state index in [4.69, 9.17) is 0 Å². The zero-order valence-electron chi connectivity index (χ0n) is 15.7. The Hall–Kier alpha value is -0.650. The molecule has 5 nitrogen and oxygen atoms in total. The molecule has 5 heteroatoms. The van der Waals surface area contributed by atoms with Crippen LogP contribution in [0.3, 0.4) is 0 Å². The highest BCUT2D eigenvalue weighted by atomic mass is 16.3. The summed E-state index contributed by atoms with van der Waals surface area (Å²) < 4.78 is 0. The standard InChI is InChI=1S/C19H37N3O2/c1-3-4-9-20-19(24)17-7-12-22(13-8-17)15-18(23)14-21-10-5-16(2)6-11-21/h16-18,23H,3-15H2,1-2H3,(H,20,24). The molecule has 1 unspecified atom stereocenters. The molecule has 2 saturated heterocycles. The largest absolute Gasteiger partial charge is 0.390 e. The number of unbranched alkanes of at least 4 members (excludes halogenated alkanes) is 1. The van der Waals surface area contributed by atoms with Crippen molar-refractivity contribution >= 4 is 5.91 Å². The Kier molecular flexibility index (Phi) is 8.50. The van der Waals surface area contributed by atoms with Crippen molar-refractivity contribution in [3.8, 4) is 0 Å². The van der Waals surface area contributed by atoms with Gasteiger partial charge in [-0.2, -0.15) is 0 Å². The predicted octanol–water partition coefficient (Wildman–Crippen LogP) is 1.71. The molecule has 0 spiro atoms. The summed E-state index contributed by atoms with van der Waals surface area (Å²) in [7, 11) is 0. The molecule has 2 rings (SSSR count). The maximum Gasteiger partial charge on any atom is 0.223 e. The van der Waals surface area contributed by atoms with Crippen molar-refractivity contribution in [1.82, 2.24) is 15.1 Å². The Balaban J connectivity index is 1.61. The molecule has 0 bridgehead atoms. The fraction of sp³-hybridized carbons (Fsp3) is 0.947. The topological polar surface area (TPSA) is 55.8 Å². The Labute approximate surface area is 147 Å². The Morgan fingerprint density at radius 1 is 1.08 bits per heavy atom. The van der Waals surface area contributed by atoms with Crippen molar-refractivity contribution in [2.24, 2.45) is 11.8 Å². The van der Waals surface area contributed by atoms with Gasteiger partial charge in [-0.05, 0) is 64.2 Å². The first-order valence-electron chi connectivity index (χ1n) is 9.99. The van der Waals surface area contributed by atoms with E-state index >= 15 is 0 Å². The van der Waals surface area contributed by atoms with Crippen LogP contribution < -0.4 is 5.32 Å². The molecule has 140 valence electrons. The van der Waals surface area contributed by atoms with E-state index in [0.29, 0.717) is 0 Å². The minimum atomic E-state index is -0.270. The number of hydrogen-bond acceptors (Lipinski definition) is 4. The molecule has 1 amide bonds. The third kappa shape index (κ3) is 6.69. The Bertz CT molecular complexity index is 362. The van der Waals surface area contributed by atoms with Crippen LogP contribution in [0.4, 0.5) is 0 Å². The molecule has 2 aliphatic heterocycles. The van der Waals surface area contributed by atoms with Crippen LogP contribution in [0, 0.1) is 11.8 Å². The quantitative estimate of drug-likeness (QED) is 0.661. The van der Waals surface area contributed by atoms with E-state index in [1.807, 2.05) is 0 Å². The molecular weight excluding hydrogens is 302 g/mol. The number of nitrogens with one attached hydrogen (secondary N) is 1. The van der Waals surface area contributed by atoms with Gasteiger partial charge in [0.05, 0.1) is 6.10 Å². The number of rotatable bonds is 8. The van der Waals surface area contributed by atoms with Crippen molar-refractivity contribution in [2.75, 3.05) is 45.8 Å². The molecule has 1 atom stereocenters. The van der Waals surface area contributed by atoms with E-state index in [-0.39, 0.29) is 17.9 Å². The fourth-order valence-electron chi connectivity index (χ4n) is 3.81. The van der Waals surface area contributed by atoms with E-state index < -0.39 is 0 Å². The lowest BCUT2D eigenvalue weighted by molar-refractivity contribution is -0.126. The molecule has 0 aromatic carbocycles. The number of carbonyl (C=O) groups excluding carboxylic acids is 1. The lowest BCUT2D eigenvalue weighted by atomic mass is 9.95. The molecule has 0 aromatic heterocycles. The summed E-state index contributed by atoms with van der Waals surface area (Å²) in [5.74, 6) is 1.23. The molecule has 0 aromatic rings. The molecule has 2 aliphatic rings. The fourth-order valence-corrected chi connectivity index (χ4v) is 3.81. The second-order valence-corrected chi connectivity index (χ2v) is 7.86. The molecule has 2 fully saturated rings. The van der Waals surface area contributed by atoms with E-state index in [9.17, 15) is 9.90 Å². The van der Waals surface area contributed by atoms with Gasteiger partial charge < -0.3 is 20.2 Å². The van der Waals surface area contributed by atoms with Crippen LogP contribution in [-0.4, -0.2) is 72.7 Å². The van der Waals surface area contributed by atoms with Gasteiger partial charge >= 0.3 is 0 Å². The molecule has 2 N–H and O–H groups in total. The predicted molar refractivity (Wildman–Crippen MR) is 97.9 cm³/mol. The minimum absolute atomic E-state index is 0.166. The summed E-state index contributed by atoms with van der Waals surface area (Å²) >= 11 is 0. The Morgan fingerprint density at radius 2 is 1.62 bits per heavy atom. The summed E-state index contributed by atoms with van der Waals surface area (Å²) in [5, 5.41) is 13.4. The molecule has 0 aliphatic carbocycles. The second kappa shape index (κ2) is 10.4. The first-order chi connectivity index (χ1) is 11.6. The molecular formula is C19H37N3O2. The van der Waals surface area contributed by atoms with Crippen LogP contribution in [0.5, 0.6) is 0 Å². The van der Waals surface area contributed by atoms with Gasteiger partial charge in [-0.25, -0.2) is 0 Å². The maximum absolute atomic E-state index is 12.1. The van der Waals surface area contributed by atoms with Gasteiger partial charge in [0.2, 0.25) is 5.91 Å². The van der Waals surface area contributed by atoms with Gasteiger partial charge in [-0.15, -0.1) is 0 Å². The Morgan fingerprint density at radius 3 is 2.17 bits per heavy atom. The van der Waals surface area contributed by atoms with Crippen molar-refractivity contribution in [1.29, 1.82) is 0 Å². The van der Waals surface area contributed by atoms with E-state index in [1.165, 1.54) is 12.8 Å². The third-order valence-corrected chi connectivity index (χ3v) is 5.60. The zero-order chi connectivity index (χ0) is 17.4. The monoisotopic (exact) mass is 339 g/mol.